The lowest BCUT2D eigenvalue weighted by atomic mass is 10.0. The second kappa shape index (κ2) is 7.39. The van der Waals surface area contributed by atoms with Crippen molar-refractivity contribution in [2.24, 2.45) is 0 Å². The first-order chi connectivity index (χ1) is 12.6. The zero-order valence-corrected chi connectivity index (χ0v) is 15.3. The molecule has 1 heterocycles. The van der Waals surface area contributed by atoms with Crippen molar-refractivity contribution in [1.82, 2.24) is 9.88 Å². The number of fused-ring (bicyclic) bond motifs is 1. The van der Waals surface area contributed by atoms with Crippen molar-refractivity contribution in [3.63, 3.8) is 0 Å². The molecule has 0 aliphatic carbocycles. The van der Waals surface area contributed by atoms with E-state index in [0.717, 1.165) is 27.8 Å². The number of methoxy groups -OCH3 is 3. The van der Waals surface area contributed by atoms with Gasteiger partial charge in [0.15, 0.2) is 11.5 Å². The Morgan fingerprint density at radius 3 is 2.23 bits per heavy atom. The van der Waals surface area contributed by atoms with Gasteiger partial charge in [0.05, 0.1) is 26.8 Å². The number of carbonyl (C=O) groups is 1. The van der Waals surface area contributed by atoms with E-state index in [2.05, 4.69) is 5.32 Å². The van der Waals surface area contributed by atoms with Gasteiger partial charge in [-0.1, -0.05) is 12.1 Å². The highest BCUT2D eigenvalue weighted by atomic mass is 16.5. The van der Waals surface area contributed by atoms with Crippen molar-refractivity contribution in [2.45, 2.75) is 6.54 Å². The van der Waals surface area contributed by atoms with Crippen LogP contribution in [0.3, 0.4) is 0 Å². The Labute approximate surface area is 152 Å². The molecule has 0 fully saturated rings. The topological polar surface area (TPSA) is 61.7 Å². The summed E-state index contributed by atoms with van der Waals surface area (Å²) in [6, 6.07) is 11.7. The highest BCUT2D eigenvalue weighted by Gasteiger charge is 2.16. The van der Waals surface area contributed by atoms with Crippen LogP contribution in [0.5, 0.6) is 17.2 Å². The number of benzene rings is 2. The maximum absolute atomic E-state index is 11.9. The lowest BCUT2D eigenvalue weighted by Crippen LogP contribution is -2.23. The summed E-state index contributed by atoms with van der Waals surface area (Å²) in [5.41, 5.74) is 2.93. The molecule has 136 valence electrons. The molecule has 0 atom stereocenters. The largest absolute Gasteiger partial charge is 0.497 e. The predicted molar refractivity (Wildman–Crippen MR) is 101 cm³/mol. The molecule has 0 unspecified atom stereocenters. The fourth-order valence-electron chi connectivity index (χ4n) is 2.98. The van der Waals surface area contributed by atoms with E-state index in [1.165, 1.54) is 0 Å². The standard InChI is InChI=1S/C20H22N2O4/c1-21-20(23)12-22-11-16(13-5-7-14(24-2)8-6-13)15-9-18(25-3)19(26-4)10-17(15)22/h5-11H,12H2,1-4H3,(H,21,23). The molecule has 2 aromatic carbocycles. The smallest absolute Gasteiger partial charge is 0.239 e. The van der Waals surface area contributed by atoms with Gasteiger partial charge < -0.3 is 24.1 Å². The van der Waals surface area contributed by atoms with Crippen molar-refractivity contribution in [2.75, 3.05) is 28.4 Å². The third kappa shape index (κ3) is 3.18. The number of rotatable bonds is 6. The van der Waals surface area contributed by atoms with Crippen molar-refractivity contribution in [3.05, 3.63) is 42.6 Å². The molecule has 6 heteroatoms. The molecule has 0 aliphatic rings. The number of carbonyl (C=O) groups excluding carboxylic acids is 1. The summed E-state index contributed by atoms with van der Waals surface area (Å²) in [5.74, 6) is 1.99. The lowest BCUT2D eigenvalue weighted by Gasteiger charge is -2.10. The molecule has 0 spiro atoms. The van der Waals surface area contributed by atoms with E-state index in [9.17, 15) is 4.79 Å². The van der Waals surface area contributed by atoms with Crippen molar-refractivity contribution < 1.29 is 19.0 Å². The normalized spacial score (nSPS) is 10.6. The van der Waals surface area contributed by atoms with Gasteiger partial charge in [-0.05, 0) is 23.8 Å². The fourth-order valence-corrected chi connectivity index (χ4v) is 2.98. The van der Waals surface area contributed by atoms with Crippen LogP contribution in [0, 0.1) is 0 Å². The van der Waals surface area contributed by atoms with Gasteiger partial charge in [-0.15, -0.1) is 0 Å². The van der Waals surface area contributed by atoms with Crippen LogP contribution in [0.1, 0.15) is 0 Å². The van der Waals surface area contributed by atoms with Crippen LogP contribution in [0.2, 0.25) is 0 Å². The van der Waals surface area contributed by atoms with Gasteiger partial charge in [0.2, 0.25) is 5.91 Å². The molecular weight excluding hydrogens is 332 g/mol. The molecule has 0 aliphatic heterocycles. The SMILES string of the molecule is CNC(=O)Cn1cc(-c2ccc(OC)cc2)c2cc(OC)c(OC)cc21. The second-order valence-corrected chi connectivity index (χ2v) is 5.80. The van der Waals surface area contributed by atoms with Gasteiger partial charge in [0, 0.05) is 30.3 Å². The minimum absolute atomic E-state index is 0.0713. The van der Waals surface area contributed by atoms with Gasteiger partial charge in [-0.25, -0.2) is 0 Å². The molecule has 0 saturated heterocycles. The van der Waals surface area contributed by atoms with Gasteiger partial charge in [0.25, 0.3) is 0 Å². The van der Waals surface area contributed by atoms with E-state index in [1.54, 1.807) is 28.4 Å². The molecule has 1 aromatic heterocycles. The van der Waals surface area contributed by atoms with Gasteiger partial charge in [0.1, 0.15) is 12.3 Å². The number of hydrogen-bond acceptors (Lipinski definition) is 4. The predicted octanol–water partition coefficient (Wildman–Crippen LogP) is 3.08. The number of hydrogen-bond donors (Lipinski definition) is 1. The summed E-state index contributed by atoms with van der Waals surface area (Å²) in [4.78, 5) is 11.9. The van der Waals surface area contributed by atoms with E-state index >= 15 is 0 Å². The van der Waals surface area contributed by atoms with Crippen molar-refractivity contribution in [3.8, 4) is 28.4 Å². The second-order valence-electron chi connectivity index (χ2n) is 5.80. The Morgan fingerprint density at radius 2 is 1.65 bits per heavy atom. The van der Waals surface area contributed by atoms with E-state index in [4.69, 9.17) is 14.2 Å². The average Bonchev–Trinajstić information content (AvgIpc) is 3.03. The summed E-state index contributed by atoms with van der Waals surface area (Å²) >= 11 is 0. The number of nitrogens with one attached hydrogen (secondary N) is 1. The first kappa shape index (κ1) is 17.7. The highest BCUT2D eigenvalue weighted by molar-refractivity contribution is 5.98. The first-order valence-electron chi connectivity index (χ1n) is 8.21. The molecule has 3 aromatic rings. The fraction of sp³-hybridized carbons (Fsp3) is 0.250. The maximum Gasteiger partial charge on any atom is 0.239 e. The summed E-state index contributed by atoms with van der Waals surface area (Å²) in [6.45, 7) is 0.221. The third-order valence-corrected chi connectivity index (χ3v) is 4.38. The molecule has 1 amide bonds. The Morgan fingerprint density at radius 1 is 1.00 bits per heavy atom. The first-order valence-corrected chi connectivity index (χ1v) is 8.21. The molecule has 26 heavy (non-hydrogen) atoms. The van der Waals surface area contributed by atoms with Crippen molar-refractivity contribution in [1.29, 1.82) is 0 Å². The summed E-state index contributed by atoms with van der Waals surface area (Å²) in [6.07, 6.45) is 1.97. The Kier molecular flexibility index (Phi) is 5.02. The van der Waals surface area contributed by atoms with Crippen LogP contribution < -0.4 is 19.5 Å². The molecule has 0 saturated carbocycles. The van der Waals surface area contributed by atoms with Crippen LogP contribution in [-0.2, 0) is 11.3 Å². The van der Waals surface area contributed by atoms with Gasteiger partial charge >= 0.3 is 0 Å². The van der Waals surface area contributed by atoms with E-state index in [1.807, 2.05) is 47.2 Å². The number of amides is 1. The molecule has 3 rings (SSSR count). The van der Waals surface area contributed by atoms with Crippen LogP contribution in [0.15, 0.2) is 42.6 Å². The number of likely N-dealkylation sites (N-methyl/N-ethyl adjacent to an activating group) is 1. The summed E-state index contributed by atoms with van der Waals surface area (Å²) in [7, 11) is 6.47. The maximum atomic E-state index is 11.9. The van der Waals surface area contributed by atoms with Crippen LogP contribution >= 0.6 is 0 Å². The summed E-state index contributed by atoms with van der Waals surface area (Å²) in [5, 5.41) is 3.64. The Bertz CT molecular complexity index is 929. The number of nitrogens with zero attached hydrogens (tertiary/aromatic N) is 1. The minimum Gasteiger partial charge on any atom is -0.497 e. The van der Waals surface area contributed by atoms with Crippen LogP contribution in [0.4, 0.5) is 0 Å². The Hall–Kier alpha value is -3.15. The monoisotopic (exact) mass is 354 g/mol. The molecule has 0 radical (unpaired) electrons. The highest BCUT2D eigenvalue weighted by Crippen LogP contribution is 2.38. The number of ether oxygens (including phenoxy) is 3. The van der Waals surface area contributed by atoms with Crippen LogP contribution in [-0.4, -0.2) is 38.9 Å². The molecule has 6 nitrogen and oxygen atoms in total. The number of aromatic nitrogens is 1. The zero-order chi connectivity index (χ0) is 18.7. The Balaban J connectivity index is 2.21. The van der Waals surface area contributed by atoms with Gasteiger partial charge in [-0.2, -0.15) is 0 Å². The van der Waals surface area contributed by atoms with Gasteiger partial charge in [-0.3, -0.25) is 4.79 Å². The minimum atomic E-state index is -0.0713. The molecular formula is C20H22N2O4. The zero-order valence-electron chi connectivity index (χ0n) is 15.3. The van der Waals surface area contributed by atoms with E-state index < -0.39 is 0 Å². The van der Waals surface area contributed by atoms with E-state index in [-0.39, 0.29) is 12.5 Å². The quantitative estimate of drug-likeness (QED) is 0.739. The van der Waals surface area contributed by atoms with E-state index in [0.29, 0.717) is 11.5 Å². The third-order valence-electron chi connectivity index (χ3n) is 4.38. The molecule has 1 N–H and O–H groups in total. The molecule has 0 bridgehead atoms. The average molecular weight is 354 g/mol. The van der Waals surface area contributed by atoms with Crippen LogP contribution in [0.25, 0.3) is 22.0 Å². The lowest BCUT2D eigenvalue weighted by molar-refractivity contribution is -0.121. The van der Waals surface area contributed by atoms with Crippen molar-refractivity contribution >= 4 is 16.8 Å². The summed E-state index contributed by atoms with van der Waals surface area (Å²) < 4.78 is 18.0.